The maximum absolute atomic E-state index is 5.85. The third-order valence-corrected chi connectivity index (χ3v) is 3.44. The number of nitrogen functional groups attached to an aromatic ring is 1. The Labute approximate surface area is 105 Å². The summed E-state index contributed by atoms with van der Waals surface area (Å²) in [4.78, 5) is 0. The number of benzene rings is 1. The molecule has 1 aromatic carbocycles. The monoisotopic (exact) mass is 234 g/mol. The summed E-state index contributed by atoms with van der Waals surface area (Å²) >= 11 is 0. The molecule has 0 spiro atoms. The standard InChI is InChI=1S/C13H21BNO2/c1-12(2,16-5)13(3,4)17-14-10-8-6-7-9-11(10)15/h6-9H,15H2,1-5H3. The highest BCUT2D eigenvalue weighted by Gasteiger charge is 2.37. The van der Waals surface area contributed by atoms with Gasteiger partial charge in [0.25, 0.3) is 0 Å². The normalized spacial score (nSPS) is 12.5. The number of hydrogen-bond donors (Lipinski definition) is 1. The zero-order valence-electron chi connectivity index (χ0n) is 11.3. The quantitative estimate of drug-likeness (QED) is 0.623. The molecule has 0 unspecified atom stereocenters. The first-order valence-corrected chi connectivity index (χ1v) is 5.71. The van der Waals surface area contributed by atoms with Gasteiger partial charge in [-0.3, -0.25) is 0 Å². The molecular weight excluding hydrogens is 213 g/mol. The summed E-state index contributed by atoms with van der Waals surface area (Å²) in [5.41, 5.74) is 6.62. The molecule has 1 radical (unpaired) electrons. The number of nitrogens with two attached hydrogens (primary N) is 1. The number of methoxy groups -OCH3 is 1. The van der Waals surface area contributed by atoms with Crippen LogP contribution in [-0.2, 0) is 9.39 Å². The van der Waals surface area contributed by atoms with E-state index in [0.717, 1.165) is 5.46 Å². The van der Waals surface area contributed by atoms with E-state index in [0.29, 0.717) is 5.69 Å². The molecule has 0 bridgehead atoms. The van der Waals surface area contributed by atoms with Gasteiger partial charge in [0.2, 0.25) is 0 Å². The van der Waals surface area contributed by atoms with Crippen LogP contribution in [-0.4, -0.2) is 25.8 Å². The van der Waals surface area contributed by atoms with Crippen molar-refractivity contribution in [2.75, 3.05) is 12.8 Å². The minimum absolute atomic E-state index is 0.382. The topological polar surface area (TPSA) is 44.5 Å². The lowest BCUT2D eigenvalue weighted by Crippen LogP contribution is -2.50. The Kier molecular flexibility index (Phi) is 4.23. The first-order chi connectivity index (χ1) is 7.80. The highest BCUT2D eigenvalue weighted by Crippen LogP contribution is 2.27. The third kappa shape index (κ3) is 3.24. The molecule has 0 aliphatic carbocycles. The molecule has 0 fully saturated rings. The highest BCUT2D eigenvalue weighted by molar-refractivity contribution is 6.49. The predicted molar refractivity (Wildman–Crippen MR) is 72.5 cm³/mol. The van der Waals surface area contributed by atoms with Crippen LogP contribution in [0.5, 0.6) is 0 Å². The van der Waals surface area contributed by atoms with Gasteiger partial charge in [0.15, 0.2) is 0 Å². The van der Waals surface area contributed by atoms with Gasteiger partial charge in [-0.05, 0) is 39.2 Å². The van der Waals surface area contributed by atoms with Gasteiger partial charge in [-0.25, -0.2) is 0 Å². The van der Waals surface area contributed by atoms with E-state index in [1.54, 1.807) is 14.6 Å². The van der Waals surface area contributed by atoms with E-state index < -0.39 is 5.60 Å². The summed E-state index contributed by atoms with van der Waals surface area (Å²) in [7, 11) is 3.37. The largest absolute Gasteiger partial charge is 0.427 e. The van der Waals surface area contributed by atoms with Crippen LogP contribution >= 0.6 is 0 Å². The van der Waals surface area contributed by atoms with E-state index in [1.807, 2.05) is 52.0 Å². The smallest absolute Gasteiger partial charge is 0.333 e. The lowest BCUT2D eigenvalue weighted by molar-refractivity contribution is -0.114. The van der Waals surface area contributed by atoms with E-state index >= 15 is 0 Å². The van der Waals surface area contributed by atoms with Crippen molar-refractivity contribution in [1.82, 2.24) is 0 Å². The van der Waals surface area contributed by atoms with Gasteiger partial charge in [0.1, 0.15) is 0 Å². The molecule has 17 heavy (non-hydrogen) atoms. The Balaban J connectivity index is 2.71. The van der Waals surface area contributed by atoms with E-state index in [1.165, 1.54) is 0 Å². The number of anilines is 1. The van der Waals surface area contributed by atoms with Crippen LogP contribution in [0.2, 0.25) is 0 Å². The van der Waals surface area contributed by atoms with Crippen molar-refractivity contribution in [3.63, 3.8) is 0 Å². The maximum atomic E-state index is 5.85. The molecule has 0 atom stereocenters. The van der Waals surface area contributed by atoms with Crippen molar-refractivity contribution in [3.8, 4) is 0 Å². The molecule has 0 saturated heterocycles. The lowest BCUT2D eigenvalue weighted by Gasteiger charge is -2.40. The first kappa shape index (κ1) is 14.1. The van der Waals surface area contributed by atoms with E-state index in [4.69, 9.17) is 15.1 Å². The van der Waals surface area contributed by atoms with Crippen LogP contribution in [0.15, 0.2) is 24.3 Å². The number of ether oxygens (including phenoxy) is 1. The number of para-hydroxylation sites is 1. The molecule has 2 N–H and O–H groups in total. The van der Waals surface area contributed by atoms with Gasteiger partial charge >= 0.3 is 7.48 Å². The predicted octanol–water partition coefficient (Wildman–Crippen LogP) is 1.73. The molecule has 93 valence electrons. The Morgan fingerprint density at radius 1 is 1.06 bits per heavy atom. The van der Waals surface area contributed by atoms with Gasteiger partial charge in [-0.2, -0.15) is 0 Å². The van der Waals surface area contributed by atoms with Crippen molar-refractivity contribution < 1.29 is 9.39 Å². The second-order valence-electron chi connectivity index (χ2n) is 5.09. The Morgan fingerprint density at radius 2 is 1.65 bits per heavy atom. The van der Waals surface area contributed by atoms with Crippen LogP contribution in [0.3, 0.4) is 0 Å². The molecular formula is C13H21BNO2. The van der Waals surface area contributed by atoms with Crippen LogP contribution < -0.4 is 11.2 Å². The molecule has 0 heterocycles. The fourth-order valence-electron chi connectivity index (χ4n) is 1.22. The Hall–Kier alpha value is -0.995. The summed E-state index contributed by atoms with van der Waals surface area (Å²) in [6.07, 6.45) is 0. The molecule has 0 aliphatic rings. The zero-order chi connectivity index (χ0) is 13.1. The molecule has 0 aliphatic heterocycles. The molecule has 0 amide bonds. The molecule has 1 aromatic rings. The van der Waals surface area contributed by atoms with Gasteiger partial charge in [0, 0.05) is 12.8 Å². The fourth-order valence-corrected chi connectivity index (χ4v) is 1.22. The van der Waals surface area contributed by atoms with Crippen LogP contribution in [0.1, 0.15) is 27.7 Å². The van der Waals surface area contributed by atoms with Crippen molar-refractivity contribution in [3.05, 3.63) is 24.3 Å². The van der Waals surface area contributed by atoms with E-state index in [2.05, 4.69) is 0 Å². The summed E-state index contributed by atoms with van der Waals surface area (Å²) in [6.45, 7) is 7.97. The van der Waals surface area contributed by atoms with E-state index in [9.17, 15) is 0 Å². The summed E-state index contributed by atoms with van der Waals surface area (Å²) in [6, 6.07) is 7.60. The Morgan fingerprint density at radius 3 is 2.18 bits per heavy atom. The van der Waals surface area contributed by atoms with Crippen molar-refractivity contribution in [1.29, 1.82) is 0 Å². The van der Waals surface area contributed by atoms with Crippen LogP contribution in [0.25, 0.3) is 0 Å². The minimum Gasteiger partial charge on any atom is -0.427 e. The number of hydrogen-bond acceptors (Lipinski definition) is 3. The zero-order valence-corrected chi connectivity index (χ0v) is 11.3. The molecule has 3 nitrogen and oxygen atoms in total. The SMILES string of the molecule is COC(C)(C)C(C)(C)O[B]c1ccccc1N. The van der Waals surface area contributed by atoms with Gasteiger partial charge in [-0.1, -0.05) is 18.2 Å². The minimum atomic E-state index is -0.440. The van der Waals surface area contributed by atoms with E-state index in [-0.39, 0.29) is 5.60 Å². The molecule has 0 aromatic heterocycles. The van der Waals surface area contributed by atoms with Crippen LogP contribution in [0, 0.1) is 0 Å². The Bertz CT molecular complexity index is 377. The van der Waals surface area contributed by atoms with Crippen molar-refractivity contribution >= 4 is 18.6 Å². The van der Waals surface area contributed by atoms with Crippen molar-refractivity contribution in [2.24, 2.45) is 0 Å². The van der Waals surface area contributed by atoms with Crippen molar-refractivity contribution in [2.45, 2.75) is 38.9 Å². The van der Waals surface area contributed by atoms with Gasteiger partial charge in [-0.15, -0.1) is 0 Å². The number of rotatable bonds is 5. The fraction of sp³-hybridized carbons (Fsp3) is 0.538. The second-order valence-corrected chi connectivity index (χ2v) is 5.09. The third-order valence-electron chi connectivity index (χ3n) is 3.44. The van der Waals surface area contributed by atoms with Gasteiger partial charge in [0.05, 0.1) is 11.2 Å². The lowest BCUT2D eigenvalue weighted by atomic mass is 9.82. The summed E-state index contributed by atoms with van der Waals surface area (Å²) < 4.78 is 11.3. The molecule has 4 heteroatoms. The summed E-state index contributed by atoms with van der Waals surface area (Å²) in [5, 5.41) is 0. The first-order valence-electron chi connectivity index (χ1n) is 5.71. The average Bonchev–Trinajstić information content (AvgIpc) is 2.28. The average molecular weight is 234 g/mol. The van der Waals surface area contributed by atoms with Crippen LogP contribution in [0.4, 0.5) is 5.69 Å². The van der Waals surface area contributed by atoms with Gasteiger partial charge < -0.3 is 15.1 Å². The second kappa shape index (κ2) is 5.11. The molecule has 1 rings (SSSR count). The summed E-state index contributed by atoms with van der Waals surface area (Å²) in [5.74, 6) is 0. The molecule has 0 saturated carbocycles. The maximum Gasteiger partial charge on any atom is 0.333 e. The highest BCUT2D eigenvalue weighted by atomic mass is 16.5.